The molecule has 0 aliphatic rings. The Kier molecular flexibility index (Phi) is 2.08. The first-order valence-electron chi connectivity index (χ1n) is 5.28. The van der Waals surface area contributed by atoms with E-state index in [1.807, 2.05) is 24.3 Å². The first kappa shape index (κ1) is 9.84. The Hall–Kier alpha value is -2.36. The highest BCUT2D eigenvalue weighted by atomic mass is 16.3. The highest BCUT2D eigenvalue weighted by Gasteiger charge is 2.09. The van der Waals surface area contributed by atoms with Gasteiger partial charge in [-0.3, -0.25) is 4.79 Å². The number of rotatable bonds is 1. The van der Waals surface area contributed by atoms with Crippen LogP contribution in [0.3, 0.4) is 0 Å². The number of nitrogens with one attached hydrogen (secondary N) is 1. The molecule has 2 aromatic heterocycles. The predicted octanol–water partition coefficient (Wildman–Crippen LogP) is 2.49. The molecule has 0 aliphatic heterocycles. The van der Waals surface area contributed by atoms with Gasteiger partial charge in [0.2, 0.25) is 0 Å². The van der Waals surface area contributed by atoms with Gasteiger partial charge in [0, 0.05) is 17.1 Å². The van der Waals surface area contributed by atoms with Crippen molar-refractivity contribution in [3.8, 4) is 11.4 Å². The highest BCUT2D eigenvalue weighted by Crippen LogP contribution is 2.27. The van der Waals surface area contributed by atoms with Crippen molar-refractivity contribution in [3.63, 3.8) is 0 Å². The zero-order chi connectivity index (χ0) is 11.8. The molecule has 0 bridgehead atoms. The molecule has 17 heavy (non-hydrogen) atoms. The summed E-state index contributed by atoms with van der Waals surface area (Å²) in [7, 11) is 0. The number of benzene rings is 1. The monoisotopic (exact) mass is 226 g/mol. The lowest BCUT2D eigenvalue weighted by Crippen LogP contribution is -2.08. The molecule has 2 heterocycles. The van der Waals surface area contributed by atoms with E-state index >= 15 is 0 Å². The Labute approximate surface area is 96.9 Å². The Bertz CT molecular complexity index is 740. The molecule has 0 saturated heterocycles. The van der Waals surface area contributed by atoms with Crippen LogP contribution in [-0.4, -0.2) is 9.97 Å². The molecule has 1 N–H and O–H groups in total. The van der Waals surface area contributed by atoms with Crippen LogP contribution in [0, 0.1) is 6.92 Å². The summed E-state index contributed by atoms with van der Waals surface area (Å²) in [5.74, 6) is 0.542. The maximum Gasteiger partial charge on any atom is 0.251 e. The summed E-state index contributed by atoms with van der Waals surface area (Å²) in [5, 5.41) is 0.946. The first-order chi connectivity index (χ1) is 8.24. The van der Waals surface area contributed by atoms with Gasteiger partial charge in [-0.15, -0.1) is 0 Å². The second-order valence-corrected chi connectivity index (χ2v) is 3.88. The number of aromatic nitrogens is 2. The van der Waals surface area contributed by atoms with Crippen molar-refractivity contribution in [2.75, 3.05) is 0 Å². The van der Waals surface area contributed by atoms with Gasteiger partial charge in [0.05, 0.1) is 5.56 Å². The molecule has 0 unspecified atom stereocenters. The van der Waals surface area contributed by atoms with Crippen LogP contribution in [0.1, 0.15) is 5.69 Å². The number of hydrogen-bond donors (Lipinski definition) is 1. The van der Waals surface area contributed by atoms with Crippen LogP contribution in [0.15, 0.2) is 45.8 Å². The summed E-state index contributed by atoms with van der Waals surface area (Å²) in [6, 6.07) is 9.12. The van der Waals surface area contributed by atoms with E-state index in [0.717, 1.165) is 16.5 Å². The average Bonchev–Trinajstić information content (AvgIpc) is 2.71. The molecule has 0 fully saturated rings. The predicted molar refractivity (Wildman–Crippen MR) is 64.8 cm³/mol. The van der Waals surface area contributed by atoms with Crippen molar-refractivity contribution in [1.82, 2.24) is 9.97 Å². The number of furan rings is 1. The number of H-pyrrole nitrogens is 1. The molecule has 0 amide bonds. The third kappa shape index (κ3) is 1.63. The summed E-state index contributed by atoms with van der Waals surface area (Å²) < 4.78 is 5.42. The van der Waals surface area contributed by atoms with Crippen molar-refractivity contribution in [1.29, 1.82) is 0 Å². The van der Waals surface area contributed by atoms with Crippen molar-refractivity contribution in [2.24, 2.45) is 0 Å². The Morgan fingerprint density at radius 1 is 1.29 bits per heavy atom. The summed E-state index contributed by atoms with van der Waals surface area (Å²) >= 11 is 0. The summed E-state index contributed by atoms with van der Waals surface area (Å²) in [6.45, 7) is 1.79. The van der Waals surface area contributed by atoms with E-state index in [1.165, 1.54) is 6.07 Å². The van der Waals surface area contributed by atoms with Crippen LogP contribution in [0.5, 0.6) is 0 Å². The molecule has 0 atom stereocenters. The normalized spacial score (nSPS) is 10.9. The Morgan fingerprint density at radius 2 is 2.12 bits per heavy atom. The molecule has 0 spiro atoms. The van der Waals surface area contributed by atoms with E-state index in [0.29, 0.717) is 11.5 Å². The number of para-hydroxylation sites is 1. The largest absolute Gasteiger partial charge is 0.464 e. The van der Waals surface area contributed by atoms with Crippen molar-refractivity contribution < 1.29 is 4.42 Å². The highest BCUT2D eigenvalue weighted by molar-refractivity contribution is 5.91. The van der Waals surface area contributed by atoms with E-state index in [4.69, 9.17) is 4.42 Å². The number of hydrogen-bond acceptors (Lipinski definition) is 3. The average molecular weight is 226 g/mol. The number of aromatic amines is 1. The van der Waals surface area contributed by atoms with Crippen LogP contribution in [-0.2, 0) is 0 Å². The van der Waals surface area contributed by atoms with Crippen molar-refractivity contribution >= 4 is 11.0 Å². The molecule has 0 saturated carbocycles. The molecule has 3 rings (SSSR count). The van der Waals surface area contributed by atoms with Gasteiger partial charge in [-0.25, -0.2) is 4.98 Å². The van der Waals surface area contributed by atoms with Crippen LogP contribution >= 0.6 is 0 Å². The lowest BCUT2D eigenvalue weighted by atomic mass is 10.1. The van der Waals surface area contributed by atoms with Crippen LogP contribution in [0.25, 0.3) is 22.4 Å². The van der Waals surface area contributed by atoms with Gasteiger partial charge in [0.25, 0.3) is 5.56 Å². The number of nitrogens with zero attached hydrogens (tertiary/aromatic N) is 1. The van der Waals surface area contributed by atoms with Crippen molar-refractivity contribution in [3.05, 3.63) is 52.6 Å². The van der Waals surface area contributed by atoms with Gasteiger partial charge in [0.1, 0.15) is 17.7 Å². The van der Waals surface area contributed by atoms with E-state index in [-0.39, 0.29) is 5.56 Å². The summed E-state index contributed by atoms with van der Waals surface area (Å²) in [4.78, 5) is 18.4. The number of aryl methyl sites for hydroxylation is 1. The molecular formula is C13H10N2O2. The second kappa shape index (κ2) is 3.59. The fraction of sp³-hybridized carbons (Fsp3) is 0.0769. The molecule has 3 aromatic rings. The van der Waals surface area contributed by atoms with Gasteiger partial charge < -0.3 is 9.40 Å². The van der Waals surface area contributed by atoms with Crippen LogP contribution in [0.2, 0.25) is 0 Å². The minimum absolute atomic E-state index is 0.155. The summed E-state index contributed by atoms with van der Waals surface area (Å²) in [5.41, 5.74) is 2.12. The SMILES string of the molecule is Cc1cc(=O)[nH]c(-c2coc3ccccc23)n1. The summed E-state index contributed by atoms with van der Waals surface area (Å²) in [6.07, 6.45) is 1.61. The third-order valence-corrected chi connectivity index (χ3v) is 2.61. The lowest BCUT2D eigenvalue weighted by Gasteiger charge is -1.98. The van der Waals surface area contributed by atoms with E-state index < -0.39 is 0 Å². The minimum atomic E-state index is -0.155. The van der Waals surface area contributed by atoms with Gasteiger partial charge in [-0.05, 0) is 13.0 Å². The van der Waals surface area contributed by atoms with Crippen LogP contribution < -0.4 is 5.56 Å². The fourth-order valence-electron chi connectivity index (χ4n) is 1.87. The molecule has 4 heteroatoms. The second-order valence-electron chi connectivity index (χ2n) is 3.88. The van der Waals surface area contributed by atoms with E-state index in [2.05, 4.69) is 9.97 Å². The maximum absolute atomic E-state index is 11.4. The van der Waals surface area contributed by atoms with Gasteiger partial charge in [-0.2, -0.15) is 0 Å². The molecule has 0 aliphatic carbocycles. The van der Waals surface area contributed by atoms with Crippen LogP contribution in [0.4, 0.5) is 0 Å². The number of fused-ring (bicyclic) bond motifs is 1. The standard InChI is InChI=1S/C13H10N2O2/c1-8-6-12(16)15-13(14-8)10-7-17-11-5-3-2-4-9(10)11/h2-7H,1H3,(H,14,15,16). The Balaban J connectivity index is 2.30. The fourth-order valence-corrected chi connectivity index (χ4v) is 1.87. The lowest BCUT2D eigenvalue weighted by molar-refractivity contribution is 0.616. The van der Waals surface area contributed by atoms with Gasteiger partial charge in [0.15, 0.2) is 0 Å². The first-order valence-corrected chi connectivity index (χ1v) is 5.28. The topological polar surface area (TPSA) is 58.9 Å². The molecule has 84 valence electrons. The molecule has 0 radical (unpaired) electrons. The molecule has 4 nitrogen and oxygen atoms in total. The zero-order valence-corrected chi connectivity index (χ0v) is 9.23. The third-order valence-electron chi connectivity index (χ3n) is 2.61. The Morgan fingerprint density at radius 3 is 2.94 bits per heavy atom. The smallest absolute Gasteiger partial charge is 0.251 e. The minimum Gasteiger partial charge on any atom is -0.464 e. The van der Waals surface area contributed by atoms with E-state index in [9.17, 15) is 4.79 Å². The van der Waals surface area contributed by atoms with E-state index in [1.54, 1.807) is 13.2 Å². The molecular weight excluding hydrogens is 216 g/mol. The van der Waals surface area contributed by atoms with Gasteiger partial charge in [-0.1, -0.05) is 18.2 Å². The van der Waals surface area contributed by atoms with Gasteiger partial charge >= 0.3 is 0 Å². The maximum atomic E-state index is 11.4. The zero-order valence-electron chi connectivity index (χ0n) is 9.23. The van der Waals surface area contributed by atoms with Crippen molar-refractivity contribution in [2.45, 2.75) is 6.92 Å². The molecule has 1 aromatic carbocycles. The quantitative estimate of drug-likeness (QED) is 0.693.